The Labute approximate surface area is 201 Å². The van der Waals surface area contributed by atoms with Gasteiger partial charge in [0, 0.05) is 17.8 Å². The van der Waals surface area contributed by atoms with Gasteiger partial charge >= 0.3 is 5.97 Å². The Morgan fingerprint density at radius 2 is 1.45 bits per heavy atom. The first-order valence-electron chi connectivity index (χ1n) is 8.82. The summed E-state index contributed by atoms with van der Waals surface area (Å²) in [5.41, 5.74) is 3.69. The Morgan fingerprint density at radius 3 is 1.97 bits per heavy atom. The highest BCUT2D eigenvalue weighted by Gasteiger charge is 2.11. The van der Waals surface area contributed by atoms with Gasteiger partial charge in [0.25, 0.3) is 0 Å². The van der Waals surface area contributed by atoms with Crippen LogP contribution < -0.4 is 4.74 Å². The largest absolute Gasteiger partial charge is 0.482 e. The number of carbonyl (C=O) groups is 1. The van der Waals surface area contributed by atoms with E-state index in [1.54, 1.807) is 23.9 Å². The van der Waals surface area contributed by atoms with Crippen molar-refractivity contribution in [3.63, 3.8) is 0 Å². The molecule has 0 atom stereocenters. The number of rotatable bonds is 8. The fourth-order valence-corrected chi connectivity index (χ4v) is 4.85. The summed E-state index contributed by atoms with van der Waals surface area (Å²) in [7, 11) is 0. The SMILES string of the molecule is O=C(O)COc1ccc(SCC=C(c2ccccc2I)c2ccccc2I)cc1. The third kappa shape index (κ3) is 6.48. The maximum atomic E-state index is 10.6. The molecule has 0 spiro atoms. The molecule has 0 aromatic heterocycles. The van der Waals surface area contributed by atoms with Crippen LogP contribution in [0.2, 0.25) is 0 Å². The van der Waals surface area contributed by atoms with Gasteiger partial charge in [0.05, 0.1) is 0 Å². The number of benzene rings is 3. The maximum absolute atomic E-state index is 10.6. The number of carboxylic acid groups (broad SMARTS) is 1. The molecule has 148 valence electrons. The fraction of sp³-hybridized carbons (Fsp3) is 0.0870. The van der Waals surface area contributed by atoms with E-state index in [9.17, 15) is 4.79 Å². The number of thioether (sulfide) groups is 1. The highest BCUT2D eigenvalue weighted by atomic mass is 127. The molecule has 0 heterocycles. The molecule has 0 aliphatic heterocycles. The maximum Gasteiger partial charge on any atom is 0.341 e. The fourth-order valence-electron chi connectivity index (χ4n) is 2.72. The number of hydrogen-bond acceptors (Lipinski definition) is 3. The lowest BCUT2D eigenvalue weighted by atomic mass is 9.98. The quantitative estimate of drug-likeness (QED) is 0.226. The number of carboxylic acids is 1. The lowest BCUT2D eigenvalue weighted by Crippen LogP contribution is -2.09. The number of ether oxygens (including phenoxy) is 1. The monoisotopic (exact) mass is 628 g/mol. The Hall–Kier alpha value is -1.52. The van der Waals surface area contributed by atoms with Gasteiger partial charge in [0.1, 0.15) is 5.75 Å². The molecule has 0 radical (unpaired) electrons. The van der Waals surface area contributed by atoms with Gasteiger partial charge < -0.3 is 9.84 Å². The molecule has 0 unspecified atom stereocenters. The highest BCUT2D eigenvalue weighted by molar-refractivity contribution is 14.1. The molecule has 0 aliphatic carbocycles. The summed E-state index contributed by atoms with van der Waals surface area (Å²) in [4.78, 5) is 11.7. The molecular weight excluding hydrogens is 610 g/mol. The minimum Gasteiger partial charge on any atom is -0.482 e. The van der Waals surface area contributed by atoms with Crippen molar-refractivity contribution in [2.45, 2.75) is 4.90 Å². The molecule has 3 aromatic rings. The van der Waals surface area contributed by atoms with Crippen LogP contribution in [0.3, 0.4) is 0 Å². The summed E-state index contributed by atoms with van der Waals surface area (Å²) in [5.74, 6) is 0.401. The van der Waals surface area contributed by atoms with Gasteiger partial charge in [-0.25, -0.2) is 4.79 Å². The second-order valence-electron chi connectivity index (χ2n) is 6.04. The Balaban J connectivity index is 1.78. The van der Waals surface area contributed by atoms with E-state index >= 15 is 0 Å². The van der Waals surface area contributed by atoms with Crippen molar-refractivity contribution in [2.24, 2.45) is 0 Å². The minimum absolute atomic E-state index is 0.329. The summed E-state index contributed by atoms with van der Waals surface area (Å²) in [6.45, 7) is -0.329. The van der Waals surface area contributed by atoms with Gasteiger partial charge in [-0.15, -0.1) is 11.8 Å². The van der Waals surface area contributed by atoms with Crippen molar-refractivity contribution in [1.82, 2.24) is 0 Å². The van der Waals surface area contributed by atoms with Crippen molar-refractivity contribution in [2.75, 3.05) is 12.4 Å². The smallest absolute Gasteiger partial charge is 0.341 e. The average molecular weight is 628 g/mol. The number of hydrogen-bond donors (Lipinski definition) is 1. The van der Waals surface area contributed by atoms with Crippen molar-refractivity contribution in [1.29, 1.82) is 0 Å². The summed E-state index contributed by atoms with van der Waals surface area (Å²) in [6, 6.07) is 24.3. The van der Waals surface area contributed by atoms with E-state index < -0.39 is 5.97 Å². The second kappa shape index (κ2) is 11.0. The minimum atomic E-state index is -0.979. The lowest BCUT2D eigenvalue weighted by molar-refractivity contribution is -0.139. The van der Waals surface area contributed by atoms with Gasteiger partial charge in [-0.1, -0.05) is 42.5 Å². The van der Waals surface area contributed by atoms with Gasteiger partial charge in [0.15, 0.2) is 6.61 Å². The van der Waals surface area contributed by atoms with Crippen LogP contribution in [0.15, 0.2) is 83.8 Å². The van der Waals surface area contributed by atoms with E-state index in [2.05, 4.69) is 99.8 Å². The zero-order valence-electron chi connectivity index (χ0n) is 15.3. The number of halogens is 2. The first-order chi connectivity index (χ1) is 14.0. The van der Waals surface area contributed by atoms with Gasteiger partial charge in [-0.05, 0) is 98.3 Å². The Morgan fingerprint density at radius 1 is 0.897 bits per heavy atom. The van der Waals surface area contributed by atoms with E-state index in [1.165, 1.54) is 23.8 Å². The third-order valence-corrected chi connectivity index (χ3v) is 6.87. The molecule has 0 saturated heterocycles. The number of aliphatic carboxylic acids is 1. The standard InChI is InChI=1S/C23H18I2O3S/c24-21-7-3-1-5-19(21)18(20-6-2-4-8-22(20)25)13-14-29-17-11-9-16(10-12-17)28-15-23(26)27/h1-13H,14-15H2,(H,26,27). The zero-order valence-corrected chi connectivity index (χ0v) is 20.5. The van der Waals surface area contributed by atoms with Crippen LogP contribution in [0, 0.1) is 7.14 Å². The molecule has 3 aromatic carbocycles. The summed E-state index contributed by atoms with van der Waals surface area (Å²) >= 11 is 6.50. The molecule has 0 aliphatic rings. The molecule has 0 fully saturated rings. The van der Waals surface area contributed by atoms with Crippen LogP contribution in [0.4, 0.5) is 0 Å². The third-order valence-electron chi connectivity index (χ3n) is 4.05. The van der Waals surface area contributed by atoms with Crippen molar-refractivity contribution in [3.05, 3.63) is 97.1 Å². The van der Waals surface area contributed by atoms with Crippen LogP contribution in [-0.4, -0.2) is 23.4 Å². The average Bonchev–Trinajstić information content (AvgIpc) is 2.72. The van der Waals surface area contributed by atoms with Gasteiger partial charge in [0.2, 0.25) is 0 Å². The van der Waals surface area contributed by atoms with Gasteiger partial charge in [-0.2, -0.15) is 0 Å². The van der Waals surface area contributed by atoms with Crippen molar-refractivity contribution >= 4 is 68.5 Å². The van der Waals surface area contributed by atoms with E-state index in [0.717, 1.165) is 10.6 Å². The Kier molecular flexibility index (Phi) is 8.43. The normalized spacial score (nSPS) is 10.4. The molecule has 3 nitrogen and oxygen atoms in total. The van der Waals surface area contributed by atoms with E-state index in [1.807, 2.05) is 12.1 Å². The van der Waals surface area contributed by atoms with E-state index in [4.69, 9.17) is 9.84 Å². The molecule has 6 heteroatoms. The van der Waals surface area contributed by atoms with Gasteiger partial charge in [-0.3, -0.25) is 0 Å². The molecule has 0 amide bonds. The topological polar surface area (TPSA) is 46.5 Å². The summed E-state index contributed by atoms with van der Waals surface area (Å²) in [6.07, 6.45) is 2.27. The summed E-state index contributed by atoms with van der Waals surface area (Å²) < 4.78 is 7.63. The summed E-state index contributed by atoms with van der Waals surface area (Å²) in [5, 5.41) is 8.69. The second-order valence-corrected chi connectivity index (χ2v) is 9.46. The van der Waals surface area contributed by atoms with Crippen LogP contribution >= 0.6 is 56.9 Å². The molecule has 1 N–H and O–H groups in total. The van der Waals surface area contributed by atoms with Crippen LogP contribution in [0.25, 0.3) is 5.57 Å². The Bertz CT molecular complexity index is 969. The van der Waals surface area contributed by atoms with E-state index in [-0.39, 0.29) is 6.61 Å². The predicted octanol–water partition coefficient (Wildman–Crippen LogP) is 6.58. The molecule has 29 heavy (non-hydrogen) atoms. The molecule has 3 rings (SSSR count). The lowest BCUT2D eigenvalue weighted by Gasteiger charge is -2.13. The van der Waals surface area contributed by atoms with Crippen molar-refractivity contribution < 1.29 is 14.6 Å². The molecular formula is C23H18I2O3S. The first-order valence-corrected chi connectivity index (χ1v) is 12.0. The van der Waals surface area contributed by atoms with Crippen molar-refractivity contribution in [3.8, 4) is 5.75 Å². The first kappa shape index (κ1) is 22.2. The molecule has 0 saturated carbocycles. The van der Waals surface area contributed by atoms with Crippen LogP contribution in [-0.2, 0) is 4.79 Å². The van der Waals surface area contributed by atoms with E-state index in [0.29, 0.717) is 5.75 Å². The molecule has 0 bridgehead atoms. The zero-order chi connectivity index (χ0) is 20.6. The van der Waals surface area contributed by atoms with Crippen LogP contribution in [0.5, 0.6) is 5.75 Å². The highest BCUT2D eigenvalue weighted by Crippen LogP contribution is 2.31. The van der Waals surface area contributed by atoms with Crippen LogP contribution in [0.1, 0.15) is 11.1 Å². The predicted molar refractivity (Wildman–Crippen MR) is 136 cm³/mol.